The van der Waals surface area contributed by atoms with Crippen LogP contribution in [0.3, 0.4) is 0 Å². The number of aromatic nitrogens is 2. The largest absolute Gasteiger partial charge is 0.329 e. The van der Waals surface area contributed by atoms with Crippen LogP contribution in [0.2, 0.25) is 0 Å². The maximum Gasteiger partial charge on any atom is 0.123 e. The molecule has 1 heterocycles. The van der Waals surface area contributed by atoms with E-state index in [1.54, 1.807) is 23.0 Å². The maximum atomic E-state index is 12.8. The Morgan fingerprint density at radius 2 is 2.00 bits per heavy atom. The molecular weight excluding hydrogens is 219 g/mol. The van der Waals surface area contributed by atoms with Gasteiger partial charge in [0.15, 0.2) is 0 Å². The molecule has 1 aromatic heterocycles. The van der Waals surface area contributed by atoms with Gasteiger partial charge in [-0.1, -0.05) is 0 Å². The lowest BCUT2D eigenvalue weighted by Crippen LogP contribution is -2.21. The summed E-state index contributed by atoms with van der Waals surface area (Å²) in [6.45, 7) is 2.29. The van der Waals surface area contributed by atoms with Gasteiger partial charge in [0.25, 0.3) is 0 Å². The Balaban J connectivity index is 2.40. The molecule has 0 fully saturated rings. The van der Waals surface area contributed by atoms with E-state index >= 15 is 0 Å². The van der Waals surface area contributed by atoms with Crippen LogP contribution in [0.5, 0.6) is 0 Å². The van der Waals surface area contributed by atoms with E-state index in [4.69, 9.17) is 11.5 Å². The average molecular weight is 234 g/mol. The highest BCUT2D eigenvalue weighted by Gasteiger charge is 2.13. The van der Waals surface area contributed by atoms with Crippen LogP contribution in [-0.2, 0) is 0 Å². The third kappa shape index (κ3) is 2.20. The van der Waals surface area contributed by atoms with Gasteiger partial charge in [-0.2, -0.15) is 5.10 Å². The molecule has 5 heteroatoms. The molecule has 1 atom stereocenters. The number of hydrogen-bond acceptors (Lipinski definition) is 3. The predicted molar refractivity (Wildman–Crippen MR) is 64.2 cm³/mol. The maximum absolute atomic E-state index is 12.8. The highest BCUT2D eigenvalue weighted by Crippen LogP contribution is 2.18. The molecule has 0 amide bonds. The van der Waals surface area contributed by atoms with Crippen molar-refractivity contribution in [3.8, 4) is 5.69 Å². The van der Waals surface area contributed by atoms with Gasteiger partial charge in [-0.15, -0.1) is 0 Å². The number of halogens is 1. The van der Waals surface area contributed by atoms with E-state index in [9.17, 15) is 4.39 Å². The van der Waals surface area contributed by atoms with Crippen LogP contribution in [0.4, 0.5) is 4.39 Å². The molecule has 1 aromatic carbocycles. The number of nitrogens with two attached hydrogens (primary N) is 2. The van der Waals surface area contributed by atoms with Crippen LogP contribution in [0.25, 0.3) is 5.69 Å². The van der Waals surface area contributed by atoms with Crippen LogP contribution in [0, 0.1) is 12.7 Å². The third-order valence-corrected chi connectivity index (χ3v) is 2.77. The Kier molecular flexibility index (Phi) is 3.21. The minimum atomic E-state index is -0.266. The Labute approximate surface area is 99.0 Å². The molecule has 2 rings (SSSR count). The molecule has 0 bridgehead atoms. The van der Waals surface area contributed by atoms with Gasteiger partial charge in [-0.25, -0.2) is 9.07 Å². The van der Waals surface area contributed by atoms with Crippen molar-refractivity contribution in [3.05, 3.63) is 47.5 Å². The van der Waals surface area contributed by atoms with Crippen molar-refractivity contribution >= 4 is 0 Å². The summed E-state index contributed by atoms with van der Waals surface area (Å²) < 4.78 is 14.6. The first-order valence-electron chi connectivity index (χ1n) is 5.39. The monoisotopic (exact) mass is 234 g/mol. The first-order chi connectivity index (χ1) is 8.13. The molecule has 0 spiro atoms. The van der Waals surface area contributed by atoms with Gasteiger partial charge in [0.2, 0.25) is 0 Å². The molecule has 0 radical (unpaired) electrons. The van der Waals surface area contributed by atoms with Crippen molar-refractivity contribution in [3.63, 3.8) is 0 Å². The summed E-state index contributed by atoms with van der Waals surface area (Å²) in [6, 6.07) is 5.93. The zero-order valence-corrected chi connectivity index (χ0v) is 9.60. The minimum Gasteiger partial charge on any atom is -0.329 e. The van der Waals surface area contributed by atoms with E-state index in [0.29, 0.717) is 6.54 Å². The standard InChI is InChI=1S/C12H15FN4/c1-8-11(12(15)6-14)7-16-17(8)10-4-2-9(13)3-5-10/h2-5,7,12H,6,14-15H2,1H3. The minimum absolute atomic E-state index is 0.218. The summed E-state index contributed by atoms with van der Waals surface area (Å²) in [5.74, 6) is -0.266. The van der Waals surface area contributed by atoms with Crippen LogP contribution in [0.15, 0.2) is 30.5 Å². The first kappa shape index (κ1) is 11.8. The lowest BCUT2D eigenvalue weighted by Gasteiger charge is -2.09. The number of hydrogen-bond donors (Lipinski definition) is 2. The van der Waals surface area contributed by atoms with Gasteiger partial charge in [0, 0.05) is 23.8 Å². The summed E-state index contributed by atoms with van der Waals surface area (Å²) in [6.07, 6.45) is 1.70. The molecule has 17 heavy (non-hydrogen) atoms. The zero-order chi connectivity index (χ0) is 12.4. The van der Waals surface area contributed by atoms with Gasteiger partial charge < -0.3 is 11.5 Å². The highest BCUT2D eigenvalue weighted by molar-refractivity contribution is 5.35. The number of nitrogens with zero attached hydrogens (tertiary/aromatic N) is 2. The average Bonchev–Trinajstić information content (AvgIpc) is 2.71. The van der Waals surface area contributed by atoms with Crippen LogP contribution >= 0.6 is 0 Å². The fourth-order valence-electron chi connectivity index (χ4n) is 1.76. The molecule has 4 nitrogen and oxygen atoms in total. The molecule has 0 aliphatic carbocycles. The predicted octanol–water partition coefficient (Wildman–Crippen LogP) is 1.28. The van der Waals surface area contributed by atoms with Crippen molar-refractivity contribution in [1.29, 1.82) is 0 Å². The van der Waals surface area contributed by atoms with Crippen molar-refractivity contribution in [1.82, 2.24) is 9.78 Å². The second-order valence-electron chi connectivity index (χ2n) is 3.92. The lowest BCUT2D eigenvalue weighted by molar-refractivity contribution is 0.627. The second kappa shape index (κ2) is 4.65. The third-order valence-electron chi connectivity index (χ3n) is 2.77. The van der Waals surface area contributed by atoms with E-state index in [1.807, 2.05) is 6.92 Å². The Morgan fingerprint density at radius 3 is 2.59 bits per heavy atom. The van der Waals surface area contributed by atoms with Gasteiger partial charge in [0.05, 0.1) is 11.9 Å². The Bertz CT molecular complexity index is 504. The van der Waals surface area contributed by atoms with Gasteiger partial charge in [-0.05, 0) is 31.2 Å². The quantitative estimate of drug-likeness (QED) is 0.840. The van der Waals surface area contributed by atoms with Gasteiger partial charge >= 0.3 is 0 Å². The molecule has 0 saturated carbocycles. The molecule has 2 aromatic rings. The highest BCUT2D eigenvalue weighted by atomic mass is 19.1. The smallest absolute Gasteiger partial charge is 0.123 e. The van der Waals surface area contributed by atoms with Gasteiger partial charge in [-0.3, -0.25) is 0 Å². The second-order valence-corrected chi connectivity index (χ2v) is 3.92. The summed E-state index contributed by atoms with van der Waals surface area (Å²) in [7, 11) is 0. The summed E-state index contributed by atoms with van der Waals surface area (Å²) in [5.41, 5.74) is 14.0. The van der Waals surface area contributed by atoms with Crippen LogP contribution in [-0.4, -0.2) is 16.3 Å². The topological polar surface area (TPSA) is 69.9 Å². The first-order valence-corrected chi connectivity index (χ1v) is 5.39. The Morgan fingerprint density at radius 1 is 1.35 bits per heavy atom. The van der Waals surface area contributed by atoms with Crippen LogP contribution < -0.4 is 11.5 Å². The van der Waals surface area contributed by atoms with Gasteiger partial charge in [0.1, 0.15) is 5.82 Å². The fourth-order valence-corrected chi connectivity index (χ4v) is 1.76. The van der Waals surface area contributed by atoms with E-state index in [0.717, 1.165) is 16.9 Å². The number of rotatable bonds is 3. The molecule has 1 unspecified atom stereocenters. The van der Waals surface area contributed by atoms with Crippen molar-refractivity contribution in [2.24, 2.45) is 11.5 Å². The summed E-state index contributed by atoms with van der Waals surface area (Å²) in [4.78, 5) is 0. The Hall–Kier alpha value is -1.72. The van der Waals surface area contributed by atoms with E-state index in [2.05, 4.69) is 5.10 Å². The lowest BCUT2D eigenvalue weighted by atomic mass is 10.1. The van der Waals surface area contributed by atoms with E-state index < -0.39 is 0 Å². The fraction of sp³-hybridized carbons (Fsp3) is 0.250. The zero-order valence-electron chi connectivity index (χ0n) is 9.60. The molecule has 90 valence electrons. The van der Waals surface area contributed by atoms with E-state index in [1.165, 1.54) is 12.1 Å². The van der Waals surface area contributed by atoms with Crippen molar-refractivity contribution < 1.29 is 4.39 Å². The van der Waals surface area contributed by atoms with Crippen molar-refractivity contribution in [2.75, 3.05) is 6.54 Å². The SMILES string of the molecule is Cc1c(C(N)CN)cnn1-c1ccc(F)cc1. The number of benzene rings is 1. The molecule has 0 aliphatic rings. The molecule has 0 aliphatic heterocycles. The summed E-state index contributed by atoms with van der Waals surface area (Å²) >= 11 is 0. The molecule has 4 N–H and O–H groups in total. The van der Waals surface area contributed by atoms with E-state index in [-0.39, 0.29) is 11.9 Å². The normalized spacial score (nSPS) is 12.7. The molecular formula is C12H15FN4. The molecule has 0 saturated heterocycles. The van der Waals surface area contributed by atoms with Crippen LogP contribution in [0.1, 0.15) is 17.3 Å². The summed E-state index contributed by atoms with van der Waals surface area (Å²) in [5, 5.41) is 4.24. The van der Waals surface area contributed by atoms with Crippen molar-refractivity contribution in [2.45, 2.75) is 13.0 Å².